The van der Waals surface area contributed by atoms with E-state index in [1.807, 2.05) is 13.8 Å². The zero-order valence-corrected chi connectivity index (χ0v) is 11.9. The molecular formula is C14H22FN3O. The van der Waals surface area contributed by atoms with Crippen molar-refractivity contribution in [2.45, 2.75) is 33.7 Å². The molecule has 4 nitrogen and oxygen atoms in total. The van der Waals surface area contributed by atoms with Crippen LogP contribution in [-0.4, -0.2) is 17.4 Å². The number of aromatic nitrogens is 1. The summed E-state index contributed by atoms with van der Waals surface area (Å²) in [5, 5.41) is 3.29. The number of pyridine rings is 1. The van der Waals surface area contributed by atoms with E-state index in [2.05, 4.69) is 10.3 Å². The number of nitrogens with one attached hydrogen (secondary N) is 1. The molecule has 0 radical (unpaired) electrons. The van der Waals surface area contributed by atoms with E-state index in [1.54, 1.807) is 19.9 Å². The van der Waals surface area contributed by atoms with Crippen LogP contribution < -0.4 is 11.1 Å². The first-order valence-electron chi connectivity index (χ1n) is 6.39. The van der Waals surface area contributed by atoms with Crippen molar-refractivity contribution in [3.63, 3.8) is 0 Å². The summed E-state index contributed by atoms with van der Waals surface area (Å²) in [6.07, 6.45) is 1.20. The Bertz CT molecular complexity index is 429. The molecule has 0 fully saturated rings. The minimum absolute atomic E-state index is 0.0424. The number of primary amides is 1. The average Bonchev–Trinajstić information content (AvgIpc) is 2.31. The number of nitrogens with two attached hydrogens (primary N) is 1. The monoisotopic (exact) mass is 267 g/mol. The van der Waals surface area contributed by atoms with E-state index in [0.29, 0.717) is 6.54 Å². The Hall–Kier alpha value is -1.49. The number of rotatable bonds is 6. The van der Waals surface area contributed by atoms with E-state index in [1.165, 1.54) is 12.3 Å². The van der Waals surface area contributed by atoms with Gasteiger partial charge in [-0.2, -0.15) is 0 Å². The number of carbonyl (C=O) groups is 1. The van der Waals surface area contributed by atoms with Crippen molar-refractivity contribution in [2.75, 3.05) is 6.54 Å². The predicted molar refractivity (Wildman–Crippen MR) is 72.8 cm³/mol. The third-order valence-electron chi connectivity index (χ3n) is 3.17. The molecule has 0 aliphatic rings. The highest BCUT2D eigenvalue weighted by Gasteiger charge is 2.27. The Morgan fingerprint density at radius 1 is 1.47 bits per heavy atom. The molecule has 1 atom stereocenters. The zero-order valence-electron chi connectivity index (χ0n) is 11.9. The molecule has 19 heavy (non-hydrogen) atoms. The summed E-state index contributed by atoms with van der Waals surface area (Å²) in [5.74, 6) is -0.445. The lowest BCUT2D eigenvalue weighted by Gasteiger charge is -2.27. The summed E-state index contributed by atoms with van der Waals surface area (Å²) in [7, 11) is 0. The molecule has 0 aliphatic heterocycles. The molecule has 5 heteroatoms. The van der Waals surface area contributed by atoms with Crippen molar-refractivity contribution in [3.8, 4) is 0 Å². The van der Waals surface area contributed by atoms with Crippen molar-refractivity contribution in [1.82, 2.24) is 10.3 Å². The Balaban J connectivity index is 2.80. The van der Waals surface area contributed by atoms with E-state index in [-0.39, 0.29) is 23.7 Å². The summed E-state index contributed by atoms with van der Waals surface area (Å²) in [6, 6.07) is 3.00. The molecule has 0 aliphatic carbocycles. The average molecular weight is 267 g/mol. The fourth-order valence-electron chi connectivity index (χ4n) is 1.71. The van der Waals surface area contributed by atoms with E-state index in [4.69, 9.17) is 5.73 Å². The smallest absolute Gasteiger partial charge is 0.224 e. The lowest BCUT2D eigenvalue weighted by molar-refractivity contribution is -0.125. The lowest BCUT2D eigenvalue weighted by atomic mass is 9.91. The topological polar surface area (TPSA) is 68.0 Å². The van der Waals surface area contributed by atoms with Gasteiger partial charge in [-0.15, -0.1) is 0 Å². The Kier molecular flexibility index (Phi) is 5.00. The second kappa shape index (κ2) is 6.10. The van der Waals surface area contributed by atoms with Gasteiger partial charge in [0, 0.05) is 6.54 Å². The van der Waals surface area contributed by atoms with Crippen molar-refractivity contribution < 1.29 is 9.18 Å². The van der Waals surface area contributed by atoms with Crippen LogP contribution in [0.2, 0.25) is 0 Å². The van der Waals surface area contributed by atoms with Crippen LogP contribution in [-0.2, 0) is 4.79 Å². The molecule has 3 N–H and O–H groups in total. The van der Waals surface area contributed by atoms with Crippen LogP contribution in [0.4, 0.5) is 4.39 Å². The van der Waals surface area contributed by atoms with Gasteiger partial charge in [0.05, 0.1) is 23.3 Å². The Morgan fingerprint density at radius 3 is 2.53 bits per heavy atom. The minimum atomic E-state index is -0.632. The highest BCUT2D eigenvalue weighted by molar-refractivity contribution is 5.80. The molecule has 1 amide bonds. The van der Waals surface area contributed by atoms with Crippen molar-refractivity contribution >= 4 is 5.91 Å². The zero-order chi connectivity index (χ0) is 14.6. The van der Waals surface area contributed by atoms with Crippen LogP contribution in [0.3, 0.4) is 0 Å². The van der Waals surface area contributed by atoms with Crippen molar-refractivity contribution in [1.29, 1.82) is 0 Å². The maximum absolute atomic E-state index is 12.9. The largest absolute Gasteiger partial charge is 0.369 e. The predicted octanol–water partition coefficient (Wildman–Crippen LogP) is 2.02. The molecule has 1 aromatic heterocycles. The maximum atomic E-state index is 12.9. The van der Waals surface area contributed by atoms with Crippen LogP contribution in [0.1, 0.15) is 39.4 Å². The first kappa shape index (κ1) is 15.6. The fraction of sp³-hybridized carbons (Fsp3) is 0.571. The van der Waals surface area contributed by atoms with Gasteiger partial charge in [0.2, 0.25) is 5.91 Å². The molecule has 106 valence electrons. The number of amides is 1. The van der Waals surface area contributed by atoms with Crippen LogP contribution >= 0.6 is 0 Å². The van der Waals surface area contributed by atoms with Crippen LogP contribution in [0.25, 0.3) is 0 Å². The molecular weight excluding hydrogens is 245 g/mol. The van der Waals surface area contributed by atoms with Gasteiger partial charge < -0.3 is 11.1 Å². The molecule has 0 saturated heterocycles. The summed E-state index contributed by atoms with van der Waals surface area (Å²) in [6.45, 7) is 8.11. The number of hydrogen-bond donors (Lipinski definition) is 2. The van der Waals surface area contributed by atoms with Gasteiger partial charge in [0.1, 0.15) is 5.82 Å². The molecule has 0 unspecified atom stereocenters. The number of halogens is 1. The molecule has 0 saturated carbocycles. The van der Waals surface area contributed by atoms with Crippen LogP contribution in [0, 0.1) is 17.2 Å². The number of hydrogen-bond acceptors (Lipinski definition) is 3. The van der Waals surface area contributed by atoms with Gasteiger partial charge >= 0.3 is 0 Å². The van der Waals surface area contributed by atoms with Crippen molar-refractivity contribution in [3.05, 3.63) is 29.8 Å². The first-order valence-corrected chi connectivity index (χ1v) is 6.39. The summed E-state index contributed by atoms with van der Waals surface area (Å²) < 4.78 is 12.9. The Labute approximate surface area is 113 Å². The molecule has 1 heterocycles. The van der Waals surface area contributed by atoms with E-state index in [9.17, 15) is 9.18 Å². The SMILES string of the molecule is CC(C)[C@@H](NCC(C)(C)C(N)=O)c1ccc(F)cn1. The minimum Gasteiger partial charge on any atom is -0.369 e. The summed E-state index contributed by atoms with van der Waals surface area (Å²) in [5.41, 5.74) is 5.48. The van der Waals surface area contributed by atoms with E-state index >= 15 is 0 Å². The lowest BCUT2D eigenvalue weighted by Crippen LogP contribution is -2.42. The summed E-state index contributed by atoms with van der Waals surface area (Å²) in [4.78, 5) is 15.4. The van der Waals surface area contributed by atoms with Gasteiger partial charge in [0.25, 0.3) is 0 Å². The number of carbonyl (C=O) groups excluding carboxylic acids is 1. The second-order valence-electron chi connectivity index (χ2n) is 5.75. The maximum Gasteiger partial charge on any atom is 0.224 e. The second-order valence-corrected chi connectivity index (χ2v) is 5.75. The normalized spacial score (nSPS) is 13.6. The first-order chi connectivity index (χ1) is 8.74. The molecule has 1 aromatic rings. The van der Waals surface area contributed by atoms with Gasteiger partial charge in [-0.1, -0.05) is 13.8 Å². The third kappa shape index (κ3) is 4.28. The van der Waals surface area contributed by atoms with Gasteiger partial charge in [-0.3, -0.25) is 9.78 Å². The molecule has 1 rings (SSSR count). The van der Waals surface area contributed by atoms with Crippen molar-refractivity contribution in [2.24, 2.45) is 17.1 Å². The van der Waals surface area contributed by atoms with Crippen LogP contribution in [0.5, 0.6) is 0 Å². The molecule has 0 spiro atoms. The Morgan fingerprint density at radius 2 is 2.11 bits per heavy atom. The standard InChI is InChI=1S/C14H22FN3O/c1-9(2)12(11-6-5-10(15)7-17-11)18-8-14(3,4)13(16)19/h5-7,9,12,18H,8H2,1-4H3,(H2,16,19)/t12-/m1/s1. The molecule has 0 aromatic carbocycles. The van der Waals surface area contributed by atoms with Gasteiger partial charge in [-0.25, -0.2) is 4.39 Å². The third-order valence-corrected chi connectivity index (χ3v) is 3.17. The number of nitrogens with zero attached hydrogens (tertiary/aromatic N) is 1. The fourth-order valence-corrected chi connectivity index (χ4v) is 1.71. The van der Waals surface area contributed by atoms with Gasteiger partial charge in [0.15, 0.2) is 0 Å². The van der Waals surface area contributed by atoms with Crippen LogP contribution in [0.15, 0.2) is 18.3 Å². The highest BCUT2D eigenvalue weighted by atomic mass is 19.1. The summed E-state index contributed by atoms with van der Waals surface area (Å²) >= 11 is 0. The van der Waals surface area contributed by atoms with E-state index < -0.39 is 5.41 Å². The van der Waals surface area contributed by atoms with E-state index in [0.717, 1.165) is 5.69 Å². The quantitative estimate of drug-likeness (QED) is 0.828. The van der Waals surface area contributed by atoms with Gasteiger partial charge in [-0.05, 0) is 31.9 Å². The highest BCUT2D eigenvalue weighted by Crippen LogP contribution is 2.22. The molecule has 0 bridgehead atoms.